The summed E-state index contributed by atoms with van der Waals surface area (Å²) in [6.07, 6.45) is 4.47. The minimum Gasteiger partial charge on any atom is -0.462 e. The molecule has 0 aliphatic heterocycles. The molecule has 2 aromatic rings. The van der Waals surface area contributed by atoms with Crippen molar-refractivity contribution in [3.63, 3.8) is 0 Å². The van der Waals surface area contributed by atoms with Crippen molar-refractivity contribution in [1.82, 2.24) is 15.0 Å². The molecule has 2 aromatic heterocycles. The number of hydrogen-bond donors (Lipinski definition) is 0. The number of hydrogen-bond acceptors (Lipinski definition) is 5. The fraction of sp³-hybridized carbons (Fsp3) is 0.167. The number of pyridine rings is 1. The maximum Gasteiger partial charge on any atom is 0.341 e. The van der Waals surface area contributed by atoms with E-state index >= 15 is 0 Å². The van der Waals surface area contributed by atoms with Gasteiger partial charge in [0.05, 0.1) is 12.3 Å². The Morgan fingerprint density at radius 1 is 1.35 bits per heavy atom. The van der Waals surface area contributed by atoms with Crippen LogP contribution in [0.4, 0.5) is 0 Å². The zero-order valence-corrected chi connectivity index (χ0v) is 9.33. The fourth-order valence-electron chi connectivity index (χ4n) is 1.39. The molecule has 0 N–H and O–H groups in total. The number of nitrogens with zero attached hydrogens (tertiary/aromatic N) is 3. The highest BCUT2D eigenvalue weighted by Gasteiger charge is 2.15. The third-order valence-corrected chi connectivity index (χ3v) is 2.12. The van der Waals surface area contributed by atoms with Crippen molar-refractivity contribution in [2.75, 3.05) is 6.61 Å². The predicted molar refractivity (Wildman–Crippen MR) is 61.2 cm³/mol. The molecule has 2 rings (SSSR count). The number of rotatable bonds is 3. The van der Waals surface area contributed by atoms with Crippen molar-refractivity contribution >= 4 is 5.97 Å². The first-order valence-corrected chi connectivity index (χ1v) is 5.21. The summed E-state index contributed by atoms with van der Waals surface area (Å²) in [7, 11) is 0. The van der Waals surface area contributed by atoms with E-state index in [9.17, 15) is 4.79 Å². The SMILES string of the molecule is CCOC(=O)c1cncnc1-c1ccccn1. The first-order valence-electron chi connectivity index (χ1n) is 5.21. The number of aromatic nitrogens is 3. The van der Waals surface area contributed by atoms with Crippen molar-refractivity contribution < 1.29 is 9.53 Å². The summed E-state index contributed by atoms with van der Waals surface area (Å²) < 4.78 is 4.94. The lowest BCUT2D eigenvalue weighted by molar-refractivity contribution is 0.0526. The summed E-state index contributed by atoms with van der Waals surface area (Å²) in [5, 5.41) is 0. The maximum absolute atomic E-state index is 11.7. The maximum atomic E-state index is 11.7. The largest absolute Gasteiger partial charge is 0.462 e. The summed E-state index contributed by atoms with van der Waals surface area (Å²) in [5.41, 5.74) is 1.44. The van der Waals surface area contributed by atoms with Gasteiger partial charge >= 0.3 is 5.97 Å². The summed E-state index contributed by atoms with van der Waals surface area (Å²) in [6, 6.07) is 5.42. The number of carbonyl (C=O) groups excluding carboxylic acids is 1. The fourth-order valence-corrected chi connectivity index (χ4v) is 1.39. The number of esters is 1. The van der Waals surface area contributed by atoms with Gasteiger partial charge in [-0.3, -0.25) is 4.98 Å². The third-order valence-electron chi connectivity index (χ3n) is 2.12. The Morgan fingerprint density at radius 3 is 2.94 bits per heavy atom. The summed E-state index contributed by atoms with van der Waals surface area (Å²) in [6.45, 7) is 2.07. The standard InChI is InChI=1S/C12H11N3O2/c1-2-17-12(16)9-7-13-8-15-11(9)10-5-3-4-6-14-10/h3-8H,2H2,1H3. The molecule has 0 atom stereocenters. The Morgan fingerprint density at radius 2 is 2.24 bits per heavy atom. The molecule has 0 spiro atoms. The van der Waals surface area contributed by atoms with Gasteiger partial charge in [-0.2, -0.15) is 0 Å². The van der Waals surface area contributed by atoms with Crippen LogP contribution >= 0.6 is 0 Å². The van der Waals surface area contributed by atoms with Crippen molar-refractivity contribution in [2.45, 2.75) is 6.92 Å². The van der Waals surface area contributed by atoms with Gasteiger partial charge in [-0.1, -0.05) is 6.07 Å². The third kappa shape index (κ3) is 2.44. The zero-order valence-electron chi connectivity index (χ0n) is 9.33. The van der Waals surface area contributed by atoms with E-state index in [0.29, 0.717) is 23.6 Å². The summed E-state index contributed by atoms with van der Waals surface area (Å²) in [4.78, 5) is 23.8. The van der Waals surface area contributed by atoms with Gasteiger partial charge in [-0.05, 0) is 19.1 Å². The molecule has 0 saturated heterocycles. The van der Waals surface area contributed by atoms with E-state index in [1.165, 1.54) is 12.5 Å². The second-order valence-corrected chi connectivity index (χ2v) is 3.22. The highest BCUT2D eigenvalue weighted by atomic mass is 16.5. The van der Waals surface area contributed by atoms with Gasteiger partial charge in [0.1, 0.15) is 17.6 Å². The predicted octanol–water partition coefficient (Wildman–Crippen LogP) is 1.72. The van der Waals surface area contributed by atoms with Gasteiger partial charge in [0.15, 0.2) is 0 Å². The lowest BCUT2D eigenvalue weighted by Gasteiger charge is -2.06. The Bertz CT molecular complexity index is 514. The molecule has 0 unspecified atom stereocenters. The minimum atomic E-state index is -0.436. The monoisotopic (exact) mass is 229 g/mol. The Balaban J connectivity index is 2.45. The summed E-state index contributed by atoms with van der Waals surface area (Å²) in [5.74, 6) is -0.436. The second kappa shape index (κ2) is 5.16. The van der Waals surface area contributed by atoms with E-state index in [0.717, 1.165) is 0 Å². The molecule has 0 aliphatic rings. The quantitative estimate of drug-likeness (QED) is 0.750. The van der Waals surface area contributed by atoms with Gasteiger partial charge < -0.3 is 4.74 Å². The molecule has 5 nitrogen and oxygen atoms in total. The van der Waals surface area contributed by atoms with Crippen molar-refractivity contribution in [3.05, 3.63) is 42.5 Å². The van der Waals surface area contributed by atoms with Crippen LogP contribution in [0, 0.1) is 0 Å². The molecule has 0 aliphatic carbocycles. The lowest BCUT2D eigenvalue weighted by atomic mass is 10.1. The van der Waals surface area contributed by atoms with E-state index in [-0.39, 0.29) is 0 Å². The average molecular weight is 229 g/mol. The molecule has 0 radical (unpaired) electrons. The number of ether oxygens (including phenoxy) is 1. The van der Waals surface area contributed by atoms with Crippen LogP contribution in [0.1, 0.15) is 17.3 Å². The van der Waals surface area contributed by atoms with Crippen molar-refractivity contribution in [2.24, 2.45) is 0 Å². The molecule has 17 heavy (non-hydrogen) atoms. The van der Waals surface area contributed by atoms with Crippen molar-refractivity contribution in [3.8, 4) is 11.4 Å². The van der Waals surface area contributed by atoms with E-state index in [4.69, 9.17) is 4.74 Å². The zero-order chi connectivity index (χ0) is 12.1. The van der Waals surface area contributed by atoms with Gasteiger partial charge in [0.2, 0.25) is 0 Å². The van der Waals surface area contributed by atoms with E-state index in [1.807, 2.05) is 6.07 Å². The molecule has 5 heteroatoms. The van der Waals surface area contributed by atoms with Crippen LogP contribution in [-0.4, -0.2) is 27.5 Å². The Labute approximate surface area is 98.5 Å². The highest BCUT2D eigenvalue weighted by Crippen LogP contribution is 2.18. The highest BCUT2D eigenvalue weighted by molar-refractivity contribution is 5.95. The number of carbonyl (C=O) groups is 1. The first-order chi connectivity index (χ1) is 8.33. The molecule has 0 saturated carbocycles. The molecule has 0 fully saturated rings. The van der Waals surface area contributed by atoms with Gasteiger partial charge in [0.25, 0.3) is 0 Å². The molecular formula is C12H11N3O2. The van der Waals surface area contributed by atoms with Gasteiger partial charge in [0, 0.05) is 12.4 Å². The van der Waals surface area contributed by atoms with Crippen LogP contribution in [-0.2, 0) is 4.74 Å². The Kier molecular flexibility index (Phi) is 3.40. The Hall–Kier alpha value is -2.30. The van der Waals surface area contributed by atoms with Crippen LogP contribution in [0.25, 0.3) is 11.4 Å². The van der Waals surface area contributed by atoms with Crippen LogP contribution in [0.3, 0.4) is 0 Å². The molecule has 0 aromatic carbocycles. The molecule has 2 heterocycles. The van der Waals surface area contributed by atoms with Crippen LogP contribution < -0.4 is 0 Å². The average Bonchev–Trinajstić information content (AvgIpc) is 2.40. The van der Waals surface area contributed by atoms with Gasteiger partial charge in [-0.15, -0.1) is 0 Å². The van der Waals surface area contributed by atoms with E-state index in [2.05, 4.69) is 15.0 Å². The van der Waals surface area contributed by atoms with Crippen molar-refractivity contribution in [1.29, 1.82) is 0 Å². The van der Waals surface area contributed by atoms with E-state index in [1.54, 1.807) is 25.3 Å². The van der Waals surface area contributed by atoms with E-state index < -0.39 is 5.97 Å². The normalized spacial score (nSPS) is 9.94. The second-order valence-electron chi connectivity index (χ2n) is 3.22. The van der Waals surface area contributed by atoms with Crippen LogP contribution in [0.15, 0.2) is 36.9 Å². The first kappa shape index (κ1) is 11.2. The molecule has 0 amide bonds. The minimum absolute atomic E-state index is 0.315. The smallest absolute Gasteiger partial charge is 0.341 e. The topological polar surface area (TPSA) is 65.0 Å². The molecule has 86 valence electrons. The van der Waals surface area contributed by atoms with Crippen LogP contribution in [0.5, 0.6) is 0 Å². The molecular weight excluding hydrogens is 218 g/mol. The summed E-state index contributed by atoms with van der Waals surface area (Å²) >= 11 is 0. The van der Waals surface area contributed by atoms with Gasteiger partial charge in [-0.25, -0.2) is 14.8 Å². The lowest BCUT2D eigenvalue weighted by Crippen LogP contribution is -2.08. The van der Waals surface area contributed by atoms with Crippen LogP contribution in [0.2, 0.25) is 0 Å². The molecule has 0 bridgehead atoms.